The van der Waals surface area contributed by atoms with Crippen molar-refractivity contribution in [3.8, 4) is 0 Å². The summed E-state index contributed by atoms with van der Waals surface area (Å²) in [5.41, 5.74) is 0.631. The van der Waals surface area contributed by atoms with Gasteiger partial charge in [0.15, 0.2) is 5.82 Å². The topological polar surface area (TPSA) is 44.1 Å². The molecule has 0 saturated heterocycles. The predicted molar refractivity (Wildman–Crippen MR) is 55.7 cm³/mol. The number of rotatable bonds is 0. The van der Waals surface area contributed by atoms with Crippen LogP contribution in [0.5, 0.6) is 0 Å². The molecular formula is C11H10N2O2. The summed E-state index contributed by atoms with van der Waals surface area (Å²) >= 11 is 0. The number of para-hydroxylation sites is 1. The van der Waals surface area contributed by atoms with Crippen LogP contribution >= 0.6 is 0 Å². The molecule has 1 aliphatic rings. The van der Waals surface area contributed by atoms with Crippen LogP contribution in [-0.4, -0.2) is 15.8 Å². The minimum Gasteiger partial charge on any atom is -0.406 e. The van der Waals surface area contributed by atoms with Crippen molar-refractivity contribution in [3.63, 3.8) is 0 Å². The van der Waals surface area contributed by atoms with Gasteiger partial charge in [-0.3, -0.25) is 4.79 Å². The number of aromatic nitrogens is 2. The summed E-state index contributed by atoms with van der Waals surface area (Å²) in [5.74, 6) is 0.714. The van der Waals surface area contributed by atoms with Crippen LogP contribution < -0.4 is 10.4 Å². The summed E-state index contributed by atoms with van der Waals surface area (Å²) in [5, 5.41) is 0.607. The molecule has 15 heavy (non-hydrogen) atoms. The van der Waals surface area contributed by atoms with Crippen molar-refractivity contribution in [2.75, 3.05) is 0 Å². The van der Waals surface area contributed by atoms with E-state index in [0.717, 1.165) is 5.52 Å². The standard InChI is InChI=1S/C11H10N2O2/c1-7-6-10-12-9-5-3-2-4-8(9)11(14)13(10)15-7/h2-5,7H,6H2,1H3/t7-/m0/s1. The first-order valence-electron chi connectivity index (χ1n) is 4.93. The lowest BCUT2D eigenvalue weighted by Gasteiger charge is -2.04. The van der Waals surface area contributed by atoms with Gasteiger partial charge in [-0.05, 0) is 19.1 Å². The fraction of sp³-hybridized carbons (Fsp3) is 0.273. The zero-order valence-corrected chi connectivity index (χ0v) is 8.30. The van der Waals surface area contributed by atoms with Crippen LogP contribution in [-0.2, 0) is 6.42 Å². The van der Waals surface area contributed by atoms with Gasteiger partial charge in [0.05, 0.1) is 10.9 Å². The lowest BCUT2D eigenvalue weighted by Crippen LogP contribution is -2.27. The van der Waals surface area contributed by atoms with E-state index in [9.17, 15) is 4.79 Å². The van der Waals surface area contributed by atoms with E-state index >= 15 is 0 Å². The molecule has 0 unspecified atom stereocenters. The number of nitrogens with zero attached hydrogens (tertiary/aromatic N) is 2. The molecule has 76 valence electrons. The molecule has 2 heterocycles. The molecule has 0 radical (unpaired) electrons. The van der Waals surface area contributed by atoms with Crippen molar-refractivity contribution in [1.82, 2.24) is 9.71 Å². The Bertz CT molecular complexity index is 589. The van der Waals surface area contributed by atoms with Crippen LogP contribution in [0.2, 0.25) is 0 Å². The number of benzene rings is 1. The van der Waals surface area contributed by atoms with Crippen molar-refractivity contribution in [1.29, 1.82) is 0 Å². The van der Waals surface area contributed by atoms with E-state index in [1.807, 2.05) is 25.1 Å². The Morgan fingerprint density at radius 1 is 1.47 bits per heavy atom. The van der Waals surface area contributed by atoms with Gasteiger partial charge in [-0.1, -0.05) is 12.1 Å². The van der Waals surface area contributed by atoms with E-state index in [-0.39, 0.29) is 11.7 Å². The zero-order chi connectivity index (χ0) is 10.4. The average molecular weight is 202 g/mol. The van der Waals surface area contributed by atoms with E-state index in [1.54, 1.807) is 6.07 Å². The molecule has 1 aliphatic heterocycles. The number of hydrogen-bond acceptors (Lipinski definition) is 3. The van der Waals surface area contributed by atoms with Gasteiger partial charge in [-0.25, -0.2) is 4.98 Å². The first kappa shape index (κ1) is 8.47. The largest absolute Gasteiger partial charge is 0.406 e. The second kappa shape index (κ2) is 2.82. The molecule has 2 aromatic rings. The second-order valence-corrected chi connectivity index (χ2v) is 3.76. The molecule has 0 bridgehead atoms. The maximum atomic E-state index is 12.0. The molecule has 1 aromatic heterocycles. The number of hydrogen-bond donors (Lipinski definition) is 0. The molecular weight excluding hydrogens is 192 g/mol. The first-order valence-corrected chi connectivity index (χ1v) is 4.93. The highest BCUT2D eigenvalue weighted by atomic mass is 16.7. The van der Waals surface area contributed by atoms with Crippen molar-refractivity contribution < 1.29 is 4.84 Å². The maximum Gasteiger partial charge on any atom is 0.294 e. The van der Waals surface area contributed by atoms with Crippen LogP contribution in [0.1, 0.15) is 12.7 Å². The van der Waals surface area contributed by atoms with Gasteiger partial charge in [-0.2, -0.15) is 0 Å². The van der Waals surface area contributed by atoms with Gasteiger partial charge in [0, 0.05) is 6.42 Å². The third-order valence-electron chi connectivity index (χ3n) is 2.56. The zero-order valence-electron chi connectivity index (χ0n) is 8.30. The first-order chi connectivity index (χ1) is 7.25. The van der Waals surface area contributed by atoms with Crippen LogP contribution in [0.4, 0.5) is 0 Å². The Morgan fingerprint density at radius 2 is 2.27 bits per heavy atom. The second-order valence-electron chi connectivity index (χ2n) is 3.76. The predicted octanol–water partition coefficient (Wildman–Crippen LogP) is 0.770. The molecule has 0 aliphatic carbocycles. The van der Waals surface area contributed by atoms with Crippen LogP contribution in [0, 0.1) is 0 Å². The lowest BCUT2D eigenvalue weighted by molar-refractivity contribution is 0.0813. The Hall–Kier alpha value is -1.84. The van der Waals surface area contributed by atoms with E-state index in [4.69, 9.17) is 4.84 Å². The van der Waals surface area contributed by atoms with Gasteiger partial charge >= 0.3 is 0 Å². The Morgan fingerprint density at radius 3 is 3.13 bits per heavy atom. The average Bonchev–Trinajstić information content (AvgIpc) is 2.59. The minimum atomic E-state index is -0.111. The quantitative estimate of drug-likeness (QED) is 0.633. The van der Waals surface area contributed by atoms with Crippen LogP contribution in [0.25, 0.3) is 10.9 Å². The highest BCUT2D eigenvalue weighted by Gasteiger charge is 2.22. The summed E-state index contributed by atoms with van der Waals surface area (Å²) in [6, 6.07) is 7.33. The van der Waals surface area contributed by atoms with Crippen LogP contribution in [0.3, 0.4) is 0 Å². The Labute approximate surface area is 86.1 Å². The molecule has 0 spiro atoms. The SMILES string of the molecule is C[C@H]1Cc2nc3ccccc3c(=O)n2O1. The molecule has 0 N–H and O–H groups in total. The van der Waals surface area contributed by atoms with Crippen molar-refractivity contribution in [3.05, 3.63) is 40.4 Å². The maximum absolute atomic E-state index is 12.0. The molecule has 4 nitrogen and oxygen atoms in total. The highest BCUT2D eigenvalue weighted by molar-refractivity contribution is 5.77. The fourth-order valence-corrected chi connectivity index (χ4v) is 1.87. The summed E-state index contributed by atoms with van der Waals surface area (Å²) in [4.78, 5) is 21.8. The molecule has 3 rings (SSSR count). The molecule has 0 fully saturated rings. The molecule has 4 heteroatoms. The van der Waals surface area contributed by atoms with Gasteiger partial charge in [-0.15, -0.1) is 4.73 Å². The van der Waals surface area contributed by atoms with E-state index in [1.165, 1.54) is 4.73 Å². The monoisotopic (exact) mass is 202 g/mol. The van der Waals surface area contributed by atoms with E-state index < -0.39 is 0 Å². The van der Waals surface area contributed by atoms with Crippen LogP contribution in [0.15, 0.2) is 29.1 Å². The van der Waals surface area contributed by atoms with Gasteiger partial charge in [0.1, 0.15) is 6.10 Å². The van der Waals surface area contributed by atoms with Crippen molar-refractivity contribution in [2.45, 2.75) is 19.4 Å². The van der Waals surface area contributed by atoms with Crippen molar-refractivity contribution in [2.24, 2.45) is 0 Å². The van der Waals surface area contributed by atoms with E-state index in [0.29, 0.717) is 17.6 Å². The van der Waals surface area contributed by atoms with E-state index in [2.05, 4.69) is 4.98 Å². The summed E-state index contributed by atoms with van der Waals surface area (Å²) in [7, 11) is 0. The third-order valence-corrected chi connectivity index (χ3v) is 2.56. The Kier molecular flexibility index (Phi) is 1.59. The molecule has 1 atom stereocenters. The summed E-state index contributed by atoms with van der Waals surface area (Å²) < 4.78 is 1.31. The van der Waals surface area contributed by atoms with Crippen molar-refractivity contribution >= 4 is 10.9 Å². The third kappa shape index (κ3) is 1.14. The highest BCUT2D eigenvalue weighted by Crippen LogP contribution is 2.12. The minimum absolute atomic E-state index is 0.0296. The smallest absolute Gasteiger partial charge is 0.294 e. The molecule has 1 aromatic carbocycles. The summed E-state index contributed by atoms with van der Waals surface area (Å²) in [6.07, 6.45) is 0.724. The summed E-state index contributed by atoms with van der Waals surface area (Å²) in [6.45, 7) is 1.93. The molecule has 0 amide bonds. The molecule has 0 saturated carbocycles. The normalized spacial score (nSPS) is 18.9. The van der Waals surface area contributed by atoms with Gasteiger partial charge in [0.2, 0.25) is 0 Å². The van der Waals surface area contributed by atoms with Gasteiger partial charge in [0.25, 0.3) is 5.56 Å². The Balaban J connectivity index is 2.40. The van der Waals surface area contributed by atoms with Gasteiger partial charge < -0.3 is 4.84 Å². The fourth-order valence-electron chi connectivity index (χ4n) is 1.87. The lowest BCUT2D eigenvalue weighted by atomic mass is 10.2. The number of fused-ring (bicyclic) bond motifs is 2.